The molecule has 3 rings (SSSR count). The van der Waals surface area contributed by atoms with E-state index < -0.39 is 21.1 Å². The number of halogens is 2. The highest BCUT2D eigenvalue weighted by molar-refractivity contribution is 9.10. The molecule has 0 radical (unpaired) electrons. The van der Waals surface area contributed by atoms with Gasteiger partial charge in [0.1, 0.15) is 4.51 Å². The van der Waals surface area contributed by atoms with Crippen molar-refractivity contribution in [1.29, 1.82) is 0 Å². The van der Waals surface area contributed by atoms with Crippen molar-refractivity contribution in [2.75, 3.05) is 0 Å². The molecule has 1 saturated carbocycles. The fourth-order valence-corrected chi connectivity index (χ4v) is 6.01. The predicted octanol–water partition coefficient (Wildman–Crippen LogP) is 3.12. The van der Waals surface area contributed by atoms with Crippen LogP contribution in [0.3, 0.4) is 0 Å². The second kappa shape index (κ2) is 3.91. The molecular formula is C15H22Br2O3. The van der Waals surface area contributed by atoms with E-state index in [4.69, 9.17) is 4.74 Å². The van der Waals surface area contributed by atoms with Gasteiger partial charge in [-0.1, -0.05) is 35.9 Å². The molecule has 0 aromatic heterocycles. The van der Waals surface area contributed by atoms with Gasteiger partial charge in [-0.15, -0.1) is 0 Å². The van der Waals surface area contributed by atoms with Gasteiger partial charge in [0.15, 0.2) is 0 Å². The van der Waals surface area contributed by atoms with Crippen molar-refractivity contribution >= 4 is 31.9 Å². The molecule has 114 valence electrons. The average Bonchev–Trinajstić information content (AvgIpc) is 2.37. The largest absolute Gasteiger partial charge is 0.389 e. The minimum Gasteiger partial charge on any atom is -0.389 e. The molecular weight excluding hydrogens is 388 g/mol. The van der Waals surface area contributed by atoms with E-state index in [1.54, 1.807) is 0 Å². The number of hydrogen-bond acceptors (Lipinski definition) is 3. The quantitative estimate of drug-likeness (QED) is 0.477. The van der Waals surface area contributed by atoms with Gasteiger partial charge >= 0.3 is 0 Å². The Balaban J connectivity index is 2.21. The molecule has 20 heavy (non-hydrogen) atoms. The van der Waals surface area contributed by atoms with Crippen LogP contribution in [0.25, 0.3) is 0 Å². The summed E-state index contributed by atoms with van der Waals surface area (Å²) in [5.41, 5.74) is -2.51. The van der Waals surface area contributed by atoms with E-state index in [0.717, 1.165) is 0 Å². The Morgan fingerprint density at radius 2 is 1.70 bits per heavy atom. The zero-order valence-corrected chi connectivity index (χ0v) is 15.5. The number of fused-ring (bicyclic) bond motifs is 1. The van der Waals surface area contributed by atoms with Gasteiger partial charge in [-0.3, -0.25) is 0 Å². The van der Waals surface area contributed by atoms with Gasteiger partial charge in [0, 0.05) is 22.1 Å². The summed E-state index contributed by atoms with van der Waals surface area (Å²) in [6.07, 6.45) is 4.77. The van der Waals surface area contributed by atoms with E-state index >= 15 is 0 Å². The summed E-state index contributed by atoms with van der Waals surface area (Å²) in [5.74, 6) is 0. The second-order valence-electron chi connectivity index (χ2n) is 7.56. The molecule has 3 nitrogen and oxygen atoms in total. The van der Waals surface area contributed by atoms with E-state index in [-0.39, 0.29) is 16.3 Å². The van der Waals surface area contributed by atoms with Crippen molar-refractivity contribution < 1.29 is 14.9 Å². The molecule has 3 aliphatic rings. The lowest BCUT2D eigenvalue weighted by Crippen LogP contribution is -2.66. The Morgan fingerprint density at radius 1 is 1.10 bits per heavy atom. The van der Waals surface area contributed by atoms with Crippen molar-refractivity contribution in [2.45, 2.75) is 67.2 Å². The number of ether oxygens (including phenoxy) is 1. The average molecular weight is 410 g/mol. The topological polar surface area (TPSA) is 49.7 Å². The van der Waals surface area contributed by atoms with Crippen LogP contribution < -0.4 is 0 Å². The minimum atomic E-state index is -0.961. The first-order valence-corrected chi connectivity index (χ1v) is 8.76. The van der Waals surface area contributed by atoms with Crippen molar-refractivity contribution in [3.63, 3.8) is 0 Å². The number of aliphatic hydroxyl groups is 2. The lowest BCUT2D eigenvalue weighted by molar-refractivity contribution is -0.161. The highest BCUT2D eigenvalue weighted by Crippen LogP contribution is 2.72. The summed E-state index contributed by atoms with van der Waals surface area (Å²) in [4.78, 5) is -0.0676. The Bertz CT molecular complexity index is 486. The standard InChI is InChI=1S/C15H22Br2O3/c1-11(2)14-7-9(16)12(3,18)8-10(14)20-15(11,17)6-5-13(14,4)19/h5-6,9-10,18-19H,7-8H2,1-4H3/t9-,10?,12-,13+,14?,15?/m0/s1. The highest BCUT2D eigenvalue weighted by atomic mass is 79.9. The molecule has 1 spiro atoms. The van der Waals surface area contributed by atoms with Crippen molar-refractivity contribution in [2.24, 2.45) is 10.8 Å². The molecule has 1 aliphatic heterocycles. The van der Waals surface area contributed by atoms with Crippen molar-refractivity contribution in [3.8, 4) is 0 Å². The zero-order chi connectivity index (χ0) is 15.2. The van der Waals surface area contributed by atoms with Gasteiger partial charge < -0.3 is 14.9 Å². The smallest absolute Gasteiger partial charge is 0.147 e. The van der Waals surface area contributed by atoms with Gasteiger partial charge in [0.05, 0.1) is 17.3 Å². The Labute approximate surface area is 137 Å². The third-order valence-electron chi connectivity index (χ3n) is 6.13. The maximum Gasteiger partial charge on any atom is 0.147 e. The monoisotopic (exact) mass is 408 g/mol. The van der Waals surface area contributed by atoms with E-state index in [2.05, 4.69) is 45.7 Å². The van der Waals surface area contributed by atoms with Crippen LogP contribution in [0.15, 0.2) is 12.2 Å². The molecule has 2 bridgehead atoms. The zero-order valence-electron chi connectivity index (χ0n) is 12.3. The van der Waals surface area contributed by atoms with Crippen LogP contribution in [0.5, 0.6) is 0 Å². The van der Waals surface area contributed by atoms with Crippen LogP contribution in [0, 0.1) is 10.8 Å². The summed E-state index contributed by atoms with van der Waals surface area (Å²) >= 11 is 7.37. The first-order valence-electron chi connectivity index (χ1n) is 7.06. The Morgan fingerprint density at radius 3 is 2.30 bits per heavy atom. The van der Waals surface area contributed by atoms with Crippen LogP contribution in [0.1, 0.15) is 40.5 Å². The van der Waals surface area contributed by atoms with Gasteiger partial charge in [0.2, 0.25) is 0 Å². The molecule has 0 aromatic carbocycles. The van der Waals surface area contributed by atoms with Gasteiger partial charge in [0.25, 0.3) is 0 Å². The molecule has 5 heteroatoms. The fourth-order valence-electron chi connectivity index (χ4n) is 4.60. The maximum atomic E-state index is 11.1. The van der Waals surface area contributed by atoms with E-state index in [9.17, 15) is 10.2 Å². The normalized spacial score (nSPS) is 60.4. The summed E-state index contributed by atoms with van der Waals surface area (Å²) in [5, 5.41) is 21.7. The summed E-state index contributed by atoms with van der Waals surface area (Å²) in [6.45, 7) is 7.97. The van der Waals surface area contributed by atoms with Gasteiger partial charge in [-0.25, -0.2) is 0 Å². The van der Waals surface area contributed by atoms with Crippen LogP contribution >= 0.6 is 31.9 Å². The van der Waals surface area contributed by atoms with E-state index in [1.165, 1.54) is 0 Å². The van der Waals surface area contributed by atoms with Crippen LogP contribution in [0.2, 0.25) is 0 Å². The molecule has 6 atom stereocenters. The molecule has 2 N–H and O–H groups in total. The second-order valence-corrected chi connectivity index (χ2v) is 9.85. The Kier molecular flexibility index (Phi) is 3.03. The first-order chi connectivity index (χ1) is 8.90. The molecule has 1 saturated heterocycles. The number of alkyl halides is 2. The predicted molar refractivity (Wildman–Crippen MR) is 85.1 cm³/mol. The first kappa shape index (κ1) is 15.5. The highest BCUT2D eigenvalue weighted by Gasteiger charge is 2.76. The molecule has 1 heterocycles. The summed E-state index contributed by atoms with van der Waals surface area (Å²) in [7, 11) is 0. The van der Waals surface area contributed by atoms with E-state index in [0.29, 0.717) is 12.8 Å². The molecule has 3 unspecified atom stereocenters. The molecule has 0 amide bonds. The molecule has 2 fully saturated rings. The van der Waals surface area contributed by atoms with Crippen molar-refractivity contribution in [1.82, 2.24) is 0 Å². The van der Waals surface area contributed by atoms with Crippen LogP contribution in [-0.2, 0) is 4.74 Å². The van der Waals surface area contributed by atoms with Gasteiger partial charge in [-0.2, -0.15) is 0 Å². The fraction of sp³-hybridized carbons (Fsp3) is 0.867. The van der Waals surface area contributed by atoms with E-state index in [1.807, 2.05) is 26.0 Å². The lowest BCUT2D eigenvalue weighted by atomic mass is 9.47. The number of rotatable bonds is 0. The van der Waals surface area contributed by atoms with Gasteiger partial charge in [-0.05, 0) is 42.3 Å². The lowest BCUT2D eigenvalue weighted by Gasteiger charge is -2.59. The summed E-state index contributed by atoms with van der Waals surface area (Å²) < 4.78 is 5.71. The van der Waals surface area contributed by atoms with Crippen LogP contribution in [-0.4, -0.2) is 36.9 Å². The Hall–Kier alpha value is 0.580. The molecule has 0 aromatic rings. The van der Waals surface area contributed by atoms with Crippen molar-refractivity contribution in [3.05, 3.63) is 12.2 Å². The SMILES string of the molecule is CC1(C)C2(Br)C=C[C@@](C)(O)C13C[C@H](Br)[C@@](C)(O)CC3O2. The third kappa shape index (κ3) is 1.51. The number of hydrogen-bond donors (Lipinski definition) is 2. The van der Waals surface area contributed by atoms with Crippen LogP contribution in [0.4, 0.5) is 0 Å². The third-order valence-corrected chi connectivity index (χ3v) is 8.88. The maximum absolute atomic E-state index is 11.1. The summed E-state index contributed by atoms with van der Waals surface area (Å²) in [6, 6.07) is 0. The minimum absolute atomic E-state index is 0.0676. The molecule has 2 aliphatic carbocycles.